The van der Waals surface area contributed by atoms with Gasteiger partial charge >= 0.3 is 0 Å². The molecule has 2 aromatic carbocycles. The minimum Gasteiger partial charge on any atom is -0.313 e. The summed E-state index contributed by atoms with van der Waals surface area (Å²) >= 11 is 3.83. The second kappa shape index (κ2) is 10.7. The van der Waals surface area contributed by atoms with Crippen LogP contribution in [0.3, 0.4) is 0 Å². The summed E-state index contributed by atoms with van der Waals surface area (Å²) in [6.45, 7) is 9.11. The Kier molecular flexibility index (Phi) is 8.56. The SMILES string of the molecule is CCC(C)N(SCSN(c1ccccc1)C(C)CC)c1ccccc1. The molecule has 0 fully saturated rings. The van der Waals surface area contributed by atoms with Crippen molar-refractivity contribution in [1.82, 2.24) is 0 Å². The first-order valence-electron chi connectivity index (χ1n) is 9.11. The maximum Gasteiger partial charge on any atom is 0.0793 e. The van der Waals surface area contributed by atoms with E-state index in [1.165, 1.54) is 11.4 Å². The second-order valence-corrected chi connectivity index (χ2v) is 8.46. The van der Waals surface area contributed by atoms with Crippen molar-refractivity contribution in [3.05, 3.63) is 60.7 Å². The van der Waals surface area contributed by atoms with Crippen molar-refractivity contribution >= 4 is 35.3 Å². The fourth-order valence-corrected chi connectivity index (χ4v) is 4.98. The molecule has 136 valence electrons. The number of nitrogens with zero attached hydrogens (tertiary/aromatic N) is 2. The zero-order valence-electron chi connectivity index (χ0n) is 15.8. The molecule has 0 heterocycles. The third-order valence-electron chi connectivity index (χ3n) is 4.39. The average Bonchev–Trinajstić information content (AvgIpc) is 2.68. The van der Waals surface area contributed by atoms with Gasteiger partial charge in [-0.25, -0.2) is 0 Å². The monoisotopic (exact) mass is 374 g/mol. The van der Waals surface area contributed by atoms with Gasteiger partial charge in [0.15, 0.2) is 0 Å². The van der Waals surface area contributed by atoms with Gasteiger partial charge in [0.2, 0.25) is 0 Å². The predicted molar refractivity (Wildman–Crippen MR) is 117 cm³/mol. The topological polar surface area (TPSA) is 6.48 Å². The zero-order valence-corrected chi connectivity index (χ0v) is 17.4. The quantitative estimate of drug-likeness (QED) is 0.331. The van der Waals surface area contributed by atoms with E-state index in [-0.39, 0.29) is 0 Å². The predicted octanol–water partition coefficient (Wildman–Crippen LogP) is 6.85. The molecule has 2 atom stereocenters. The first kappa shape index (κ1) is 20.1. The van der Waals surface area contributed by atoms with Gasteiger partial charge in [-0.15, -0.1) is 0 Å². The van der Waals surface area contributed by atoms with E-state index in [1.807, 2.05) is 23.9 Å². The molecule has 2 unspecified atom stereocenters. The first-order valence-corrected chi connectivity index (χ1v) is 11.0. The molecule has 2 nitrogen and oxygen atoms in total. The zero-order chi connectivity index (χ0) is 18.1. The standard InChI is InChI=1S/C21H30N2S2/c1-5-18(3)22(20-13-9-7-10-14-20)24-17-25-23(19(4)6-2)21-15-11-8-12-16-21/h7-16,18-19H,5-6,17H2,1-4H3. The van der Waals surface area contributed by atoms with Crippen LogP contribution < -0.4 is 8.61 Å². The Labute approximate surface area is 162 Å². The van der Waals surface area contributed by atoms with Gasteiger partial charge in [0, 0.05) is 23.5 Å². The van der Waals surface area contributed by atoms with Crippen LogP contribution >= 0.6 is 23.9 Å². The first-order chi connectivity index (χ1) is 12.2. The van der Waals surface area contributed by atoms with E-state index in [1.54, 1.807) is 0 Å². The molecule has 2 rings (SSSR count). The van der Waals surface area contributed by atoms with Gasteiger partial charge in [0.1, 0.15) is 0 Å². The van der Waals surface area contributed by atoms with Crippen LogP contribution in [0.4, 0.5) is 11.4 Å². The van der Waals surface area contributed by atoms with Crippen LogP contribution in [0, 0.1) is 0 Å². The molecule has 0 aliphatic heterocycles. The fourth-order valence-electron chi connectivity index (χ4n) is 2.53. The highest BCUT2D eigenvalue weighted by Gasteiger charge is 2.17. The third kappa shape index (κ3) is 5.89. The van der Waals surface area contributed by atoms with E-state index in [9.17, 15) is 0 Å². The number of benzene rings is 2. The number of anilines is 2. The summed E-state index contributed by atoms with van der Waals surface area (Å²) in [5.74, 6) is 0. The highest BCUT2D eigenvalue weighted by atomic mass is 32.2. The molecule has 0 aliphatic carbocycles. The van der Waals surface area contributed by atoms with E-state index in [4.69, 9.17) is 0 Å². The van der Waals surface area contributed by atoms with E-state index < -0.39 is 0 Å². The molecule has 0 aliphatic rings. The minimum atomic E-state index is 0.516. The van der Waals surface area contributed by atoms with Crippen molar-refractivity contribution in [3.8, 4) is 0 Å². The third-order valence-corrected chi connectivity index (χ3v) is 6.93. The van der Waals surface area contributed by atoms with Crippen LogP contribution in [-0.2, 0) is 0 Å². The molecule has 0 N–H and O–H groups in total. The summed E-state index contributed by atoms with van der Waals surface area (Å²) in [4.78, 5) is 0. The number of rotatable bonds is 10. The molecule has 0 spiro atoms. The number of para-hydroxylation sites is 2. The Balaban J connectivity index is 2.03. The van der Waals surface area contributed by atoms with Crippen molar-refractivity contribution in [3.63, 3.8) is 0 Å². The van der Waals surface area contributed by atoms with Crippen molar-refractivity contribution in [2.24, 2.45) is 0 Å². The van der Waals surface area contributed by atoms with Gasteiger partial charge in [-0.3, -0.25) is 0 Å². The highest BCUT2D eigenvalue weighted by Crippen LogP contribution is 2.33. The molecule has 0 saturated heterocycles. The van der Waals surface area contributed by atoms with Crippen molar-refractivity contribution < 1.29 is 0 Å². The van der Waals surface area contributed by atoms with Gasteiger partial charge in [0.25, 0.3) is 0 Å². The molecule has 0 amide bonds. The lowest BCUT2D eigenvalue weighted by Gasteiger charge is -2.32. The summed E-state index contributed by atoms with van der Waals surface area (Å²) in [5.41, 5.74) is 2.58. The summed E-state index contributed by atoms with van der Waals surface area (Å²) < 4.78 is 4.90. The maximum absolute atomic E-state index is 2.45. The number of hydrogen-bond acceptors (Lipinski definition) is 4. The van der Waals surface area contributed by atoms with Crippen LogP contribution in [0.5, 0.6) is 0 Å². The normalized spacial score (nSPS) is 13.3. The van der Waals surface area contributed by atoms with Crippen LogP contribution in [0.1, 0.15) is 40.5 Å². The van der Waals surface area contributed by atoms with Crippen LogP contribution in [0.2, 0.25) is 0 Å². The van der Waals surface area contributed by atoms with Gasteiger partial charge in [0.05, 0.1) is 5.08 Å². The Hall–Kier alpha value is -1.26. The van der Waals surface area contributed by atoms with Crippen molar-refractivity contribution in [2.45, 2.75) is 52.6 Å². The molecule has 25 heavy (non-hydrogen) atoms. The van der Waals surface area contributed by atoms with Gasteiger partial charge in [-0.2, -0.15) is 0 Å². The molecule has 0 saturated carbocycles. The number of hydrogen-bond donors (Lipinski definition) is 0. The highest BCUT2D eigenvalue weighted by molar-refractivity contribution is 8.17. The van der Waals surface area contributed by atoms with Crippen molar-refractivity contribution in [2.75, 3.05) is 13.7 Å². The fraction of sp³-hybridized carbons (Fsp3) is 0.429. The molecule has 4 heteroatoms. The molecule has 2 aromatic rings. The van der Waals surface area contributed by atoms with Gasteiger partial charge < -0.3 is 8.61 Å². The average molecular weight is 375 g/mol. The Bertz CT molecular complexity index is 538. The van der Waals surface area contributed by atoms with Crippen LogP contribution in [0.25, 0.3) is 0 Å². The second-order valence-electron chi connectivity index (χ2n) is 6.21. The van der Waals surface area contributed by atoms with E-state index in [0.29, 0.717) is 12.1 Å². The van der Waals surface area contributed by atoms with Crippen molar-refractivity contribution in [1.29, 1.82) is 0 Å². The lowest BCUT2D eigenvalue weighted by molar-refractivity contribution is 0.719. The largest absolute Gasteiger partial charge is 0.313 e. The Morgan fingerprint density at radius 3 is 1.36 bits per heavy atom. The smallest absolute Gasteiger partial charge is 0.0793 e. The van der Waals surface area contributed by atoms with Gasteiger partial charge in [-0.05, 0) is 74.9 Å². The molecule has 0 bridgehead atoms. The molecular weight excluding hydrogens is 344 g/mol. The van der Waals surface area contributed by atoms with Gasteiger partial charge in [-0.1, -0.05) is 50.2 Å². The Morgan fingerprint density at radius 1 is 0.680 bits per heavy atom. The lowest BCUT2D eigenvalue weighted by atomic mass is 10.2. The van der Waals surface area contributed by atoms with E-state index in [0.717, 1.165) is 17.9 Å². The molecular formula is C21H30N2S2. The van der Waals surface area contributed by atoms with E-state index in [2.05, 4.69) is 97.0 Å². The minimum absolute atomic E-state index is 0.516. The summed E-state index contributed by atoms with van der Waals surface area (Å²) in [5, 5.41) is 0.998. The van der Waals surface area contributed by atoms with Crippen LogP contribution in [0.15, 0.2) is 60.7 Å². The molecule has 0 radical (unpaired) electrons. The Morgan fingerprint density at radius 2 is 1.04 bits per heavy atom. The maximum atomic E-state index is 2.45. The summed E-state index contributed by atoms with van der Waals surface area (Å²) in [6.07, 6.45) is 2.28. The summed E-state index contributed by atoms with van der Waals surface area (Å²) in [6, 6.07) is 22.5. The molecule has 0 aromatic heterocycles. The lowest BCUT2D eigenvalue weighted by Crippen LogP contribution is -2.28. The summed E-state index contributed by atoms with van der Waals surface area (Å²) in [7, 11) is 0. The van der Waals surface area contributed by atoms with E-state index >= 15 is 0 Å². The van der Waals surface area contributed by atoms with Crippen LogP contribution in [-0.4, -0.2) is 17.2 Å².